The molecule has 0 radical (unpaired) electrons. The van der Waals surface area contributed by atoms with Crippen LogP contribution in [0.4, 0.5) is 74.6 Å². The van der Waals surface area contributed by atoms with E-state index >= 15 is 0 Å². The second-order valence-electron chi connectivity index (χ2n) is 6.05. The largest absolute Gasteiger partial charge is 0.481 e. The van der Waals surface area contributed by atoms with E-state index in [1.165, 1.54) is 0 Å². The first-order chi connectivity index (χ1) is 13.6. The molecule has 0 aliphatic heterocycles. The van der Waals surface area contributed by atoms with Gasteiger partial charge in [0.15, 0.2) is 0 Å². The Morgan fingerprint density at radius 3 is 1.16 bits per heavy atom. The van der Waals surface area contributed by atoms with Crippen molar-refractivity contribution in [3.63, 3.8) is 0 Å². The van der Waals surface area contributed by atoms with Crippen LogP contribution in [-0.4, -0.2) is 62.6 Å². The maximum atomic E-state index is 13.5. The monoisotopic (exact) mass is 632 g/mol. The molecule has 20 heteroatoms. The highest BCUT2D eigenvalue weighted by atomic mass is 127. The minimum absolute atomic E-state index is 0.600. The van der Waals surface area contributed by atoms with E-state index < -0.39 is 70.4 Å². The summed E-state index contributed by atoms with van der Waals surface area (Å²) in [7, 11) is 0. The van der Waals surface area contributed by atoms with Crippen molar-refractivity contribution in [2.45, 2.75) is 64.4 Å². The van der Waals surface area contributed by atoms with Gasteiger partial charge in [-0.05, 0) is 0 Å². The predicted octanol–water partition coefficient (Wildman–Crippen LogP) is 6.66. The number of rotatable bonds is 10. The van der Waals surface area contributed by atoms with Gasteiger partial charge in [-0.25, -0.2) is 0 Å². The Labute approximate surface area is 178 Å². The highest BCUT2D eigenvalue weighted by Crippen LogP contribution is 2.64. The molecule has 192 valence electrons. The molecule has 0 aromatic carbocycles. The predicted molar refractivity (Wildman–Crippen MR) is 75.4 cm³/mol. The Hall–Kier alpha value is -0.990. The number of hydrogen-bond donors (Lipinski definition) is 1. The van der Waals surface area contributed by atoms with Gasteiger partial charge in [-0.1, -0.05) is 22.6 Å². The van der Waals surface area contributed by atoms with Crippen molar-refractivity contribution in [1.29, 1.82) is 0 Å². The lowest BCUT2D eigenvalue weighted by atomic mass is 9.88. The molecule has 0 aliphatic rings. The van der Waals surface area contributed by atoms with Gasteiger partial charge >= 0.3 is 53.6 Å². The van der Waals surface area contributed by atoms with Gasteiger partial charge in [0.05, 0.1) is 6.42 Å². The van der Waals surface area contributed by atoms with Crippen LogP contribution < -0.4 is 0 Å². The average molecular weight is 632 g/mol. The molecule has 0 rings (SSSR count). The number of carboxylic acid groups (broad SMARTS) is 1. The van der Waals surface area contributed by atoms with Crippen molar-refractivity contribution in [3.8, 4) is 0 Å². The van der Waals surface area contributed by atoms with Gasteiger partial charge in [0.2, 0.25) is 0 Å². The molecule has 0 aliphatic carbocycles. The molecule has 0 heterocycles. The molecular weight excluding hydrogens is 626 g/mol. The van der Waals surface area contributed by atoms with Crippen LogP contribution >= 0.6 is 22.6 Å². The normalized spacial score (nSPS) is 16.8. The summed E-state index contributed by atoms with van der Waals surface area (Å²) in [6.07, 6.45) is -12.1. The maximum Gasteiger partial charge on any atom is 0.460 e. The zero-order chi connectivity index (χ0) is 26.6. The van der Waals surface area contributed by atoms with Crippen molar-refractivity contribution in [2.24, 2.45) is 0 Å². The van der Waals surface area contributed by atoms with E-state index in [9.17, 15) is 79.4 Å². The molecule has 1 unspecified atom stereocenters. The molecule has 0 bridgehead atoms. The summed E-state index contributed by atoms with van der Waals surface area (Å²) in [5, 5.41) is 8.26. The first kappa shape index (κ1) is 31.0. The summed E-state index contributed by atoms with van der Waals surface area (Å²) in [4.78, 5) is 10.3. The molecule has 0 saturated heterocycles. The fourth-order valence-electron chi connectivity index (χ4n) is 1.86. The third-order valence-corrected chi connectivity index (χ3v) is 4.54. The van der Waals surface area contributed by atoms with Crippen LogP contribution in [0.15, 0.2) is 0 Å². The van der Waals surface area contributed by atoms with E-state index in [0.717, 1.165) is 0 Å². The minimum Gasteiger partial charge on any atom is -0.481 e. The number of carboxylic acids is 1. The molecule has 0 saturated carbocycles. The van der Waals surface area contributed by atoms with Crippen molar-refractivity contribution >= 4 is 28.6 Å². The van der Waals surface area contributed by atoms with E-state index in [2.05, 4.69) is 0 Å². The van der Waals surface area contributed by atoms with Crippen LogP contribution in [-0.2, 0) is 4.79 Å². The number of halogens is 18. The molecule has 0 fully saturated rings. The van der Waals surface area contributed by atoms with Gasteiger partial charge in [0.1, 0.15) is 0 Å². The average Bonchev–Trinajstić information content (AvgIpc) is 2.50. The van der Waals surface area contributed by atoms with Gasteiger partial charge < -0.3 is 5.11 Å². The summed E-state index contributed by atoms with van der Waals surface area (Å²) < 4.78 is 219. The molecule has 0 aromatic heterocycles. The lowest BCUT2D eigenvalue weighted by molar-refractivity contribution is -0.461. The molecule has 0 amide bonds. The highest BCUT2D eigenvalue weighted by Gasteiger charge is 2.95. The Balaban J connectivity index is 6.56. The smallest absolute Gasteiger partial charge is 0.460 e. The Bertz CT molecular complexity index is 698. The lowest BCUT2D eigenvalue weighted by Gasteiger charge is -2.43. The van der Waals surface area contributed by atoms with Crippen molar-refractivity contribution in [1.82, 2.24) is 0 Å². The summed E-state index contributed by atoms with van der Waals surface area (Å²) in [5.41, 5.74) is 0. The van der Waals surface area contributed by atoms with Gasteiger partial charge in [0, 0.05) is 10.3 Å². The lowest BCUT2D eigenvalue weighted by Crippen LogP contribution is -2.74. The van der Waals surface area contributed by atoms with Crippen LogP contribution in [0.2, 0.25) is 0 Å². The van der Waals surface area contributed by atoms with Crippen LogP contribution in [0.3, 0.4) is 0 Å². The van der Waals surface area contributed by atoms with Gasteiger partial charge in [-0.15, -0.1) is 0 Å². The van der Waals surface area contributed by atoms with E-state index in [4.69, 9.17) is 5.11 Å². The second kappa shape index (κ2) is 8.35. The third-order valence-electron chi connectivity index (χ3n) is 3.66. The fourth-order valence-corrected chi connectivity index (χ4v) is 2.79. The van der Waals surface area contributed by atoms with E-state index in [1.807, 2.05) is 0 Å². The Morgan fingerprint density at radius 1 is 0.594 bits per heavy atom. The van der Waals surface area contributed by atoms with Gasteiger partial charge in [0.25, 0.3) is 0 Å². The standard InChI is InChI=1S/C12H6F17IO2/c13-5(14,2-3(30)1-4(31)32)6(15,16)7(17,18)8(19,20)9(21,22)10(23,24)11(25,26)12(27,28)29/h3H,1-2H2,(H,31,32). The summed E-state index contributed by atoms with van der Waals surface area (Å²) >= 11 is 0.600. The Morgan fingerprint density at radius 2 is 0.875 bits per heavy atom. The molecule has 2 nitrogen and oxygen atoms in total. The molecule has 1 N–H and O–H groups in total. The number of alkyl halides is 18. The van der Waals surface area contributed by atoms with E-state index in [-0.39, 0.29) is 0 Å². The zero-order valence-electron chi connectivity index (χ0n) is 14.2. The first-order valence-corrected chi connectivity index (χ1v) is 8.38. The molecule has 1 atom stereocenters. The number of aliphatic carboxylic acids is 1. The molecule has 0 aromatic rings. The van der Waals surface area contributed by atoms with Gasteiger partial charge in [-0.2, -0.15) is 74.6 Å². The quantitative estimate of drug-likeness (QED) is 0.166. The summed E-state index contributed by atoms with van der Waals surface area (Å²) in [5.74, 6) is -58.8. The molecule has 32 heavy (non-hydrogen) atoms. The van der Waals surface area contributed by atoms with Crippen LogP contribution in [0, 0.1) is 0 Å². The SMILES string of the molecule is O=C(O)CC(I)CC(F)(F)C(F)(F)C(F)(F)C(F)(F)C(F)(F)C(F)(F)C(F)(F)C(F)(F)F. The van der Waals surface area contributed by atoms with E-state index in [0.29, 0.717) is 22.6 Å². The number of carbonyl (C=O) groups is 1. The minimum atomic E-state index is -8.67. The van der Waals surface area contributed by atoms with Crippen LogP contribution in [0.1, 0.15) is 12.8 Å². The first-order valence-electron chi connectivity index (χ1n) is 7.13. The van der Waals surface area contributed by atoms with Crippen LogP contribution in [0.5, 0.6) is 0 Å². The second-order valence-corrected chi connectivity index (χ2v) is 7.81. The van der Waals surface area contributed by atoms with Crippen molar-refractivity contribution < 1.29 is 84.5 Å². The van der Waals surface area contributed by atoms with Crippen molar-refractivity contribution in [2.75, 3.05) is 0 Å². The number of hydrogen-bond acceptors (Lipinski definition) is 1. The van der Waals surface area contributed by atoms with Crippen LogP contribution in [0.25, 0.3) is 0 Å². The maximum absolute atomic E-state index is 13.5. The highest BCUT2D eigenvalue weighted by molar-refractivity contribution is 14.1. The summed E-state index contributed by atoms with van der Waals surface area (Å²) in [6.45, 7) is 0. The molecule has 0 spiro atoms. The fraction of sp³-hybridized carbons (Fsp3) is 0.917. The third kappa shape index (κ3) is 4.51. The molecular formula is C12H6F17IO2. The van der Waals surface area contributed by atoms with Crippen molar-refractivity contribution in [3.05, 3.63) is 0 Å². The zero-order valence-corrected chi connectivity index (χ0v) is 16.3. The Kier molecular flexibility index (Phi) is 8.09. The topological polar surface area (TPSA) is 37.3 Å². The summed E-state index contributed by atoms with van der Waals surface area (Å²) in [6, 6.07) is 0. The van der Waals surface area contributed by atoms with Gasteiger partial charge in [-0.3, -0.25) is 4.79 Å². The van der Waals surface area contributed by atoms with E-state index in [1.54, 1.807) is 0 Å².